The Morgan fingerprint density at radius 1 is 1.25 bits per heavy atom. The summed E-state index contributed by atoms with van der Waals surface area (Å²) < 4.78 is 48.7. The predicted molar refractivity (Wildman–Crippen MR) is 81.2 cm³/mol. The van der Waals surface area contributed by atoms with Gasteiger partial charge in [0.05, 0.1) is 4.75 Å². The van der Waals surface area contributed by atoms with Crippen molar-refractivity contribution in [1.29, 1.82) is 0 Å². The molecule has 0 saturated heterocycles. The van der Waals surface area contributed by atoms with Crippen molar-refractivity contribution in [2.75, 3.05) is 19.3 Å². The van der Waals surface area contributed by atoms with Gasteiger partial charge >= 0.3 is 0 Å². The van der Waals surface area contributed by atoms with E-state index in [9.17, 15) is 16.8 Å². The lowest BCUT2D eigenvalue weighted by atomic mass is 10.2. The number of thiophene rings is 1. The third-order valence-electron chi connectivity index (χ3n) is 2.98. The van der Waals surface area contributed by atoms with Crippen LogP contribution in [0.3, 0.4) is 0 Å². The Labute approximate surface area is 124 Å². The molecule has 1 heterocycles. The summed E-state index contributed by atoms with van der Waals surface area (Å²) in [7, 11) is -7.04. The van der Waals surface area contributed by atoms with Crippen LogP contribution in [-0.4, -0.2) is 40.9 Å². The third kappa shape index (κ3) is 4.26. The maximum atomic E-state index is 12.1. The number of hydrogen-bond acceptors (Lipinski definition) is 6. The minimum Gasteiger partial charge on any atom is -0.330 e. The largest absolute Gasteiger partial charge is 0.330 e. The number of sulfone groups is 1. The van der Waals surface area contributed by atoms with Gasteiger partial charge in [-0.1, -0.05) is 0 Å². The van der Waals surface area contributed by atoms with Gasteiger partial charge in [-0.15, -0.1) is 11.3 Å². The highest BCUT2D eigenvalue weighted by Crippen LogP contribution is 2.22. The molecule has 0 saturated carbocycles. The van der Waals surface area contributed by atoms with E-state index < -0.39 is 24.6 Å². The summed E-state index contributed by atoms with van der Waals surface area (Å²) in [5, 5.41) is 0. The monoisotopic (exact) mass is 340 g/mol. The van der Waals surface area contributed by atoms with Gasteiger partial charge < -0.3 is 5.73 Å². The minimum absolute atomic E-state index is 0.168. The molecule has 6 nitrogen and oxygen atoms in total. The molecule has 20 heavy (non-hydrogen) atoms. The standard InChI is InChI=1S/C11H20N2O4S3/c1-11(2,19(3,14)15)8-13-20(16,17)10-5-4-9(18-10)6-7-12/h4-5,13H,6-8,12H2,1-3H3. The van der Waals surface area contributed by atoms with Crippen LogP contribution in [0.25, 0.3) is 0 Å². The molecule has 1 aromatic rings. The van der Waals surface area contributed by atoms with Crippen LogP contribution in [0.2, 0.25) is 0 Å². The zero-order valence-electron chi connectivity index (χ0n) is 11.7. The van der Waals surface area contributed by atoms with E-state index in [-0.39, 0.29) is 10.8 Å². The van der Waals surface area contributed by atoms with E-state index in [2.05, 4.69) is 4.72 Å². The van der Waals surface area contributed by atoms with E-state index in [0.717, 1.165) is 22.5 Å². The van der Waals surface area contributed by atoms with Gasteiger partial charge in [-0.05, 0) is 38.9 Å². The van der Waals surface area contributed by atoms with Crippen LogP contribution in [0.15, 0.2) is 16.3 Å². The average Bonchev–Trinajstić information content (AvgIpc) is 2.75. The molecule has 1 rings (SSSR count). The maximum Gasteiger partial charge on any atom is 0.250 e. The molecule has 0 aliphatic carbocycles. The minimum atomic E-state index is -3.69. The zero-order chi connectivity index (χ0) is 15.6. The van der Waals surface area contributed by atoms with Crippen molar-refractivity contribution in [1.82, 2.24) is 4.72 Å². The number of nitrogens with one attached hydrogen (secondary N) is 1. The topological polar surface area (TPSA) is 106 Å². The lowest BCUT2D eigenvalue weighted by molar-refractivity contribution is 0.537. The fourth-order valence-electron chi connectivity index (χ4n) is 1.25. The fraction of sp³-hybridized carbons (Fsp3) is 0.636. The highest BCUT2D eigenvalue weighted by molar-refractivity contribution is 7.92. The molecule has 0 unspecified atom stereocenters. The van der Waals surface area contributed by atoms with Gasteiger partial charge in [0.1, 0.15) is 4.21 Å². The molecule has 0 atom stereocenters. The first-order valence-electron chi connectivity index (χ1n) is 5.98. The van der Waals surface area contributed by atoms with Crippen LogP contribution in [0.5, 0.6) is 0 Å². The van der Waals surface area contributed by atoms with Gasteiger partial charge in [-0.25, -0.2) is 21.6 Å². The van der Waals surface area contributed by atoms with Gasteiger partial charge in [-0.3, -0.25) is 0 Å². The van der Waals surface area contributed by atoms with Gasteiger partial charge in [0.25, 0.3) is 0 Å². The first-order valence-corrected chi connectivity index (χ1v) is 10.2. The molecule has 0 radical (unpaired) electrons. The molecule has 0 fully saturated rings. The SMILES string of the molecule is CC(C)(CNS(=O)(=O)c1ccc(CCN)s1)S(C)(=O)=O. The van der Waals surface area contributed by atoms with Crippen LogP contribution in [0.1, 0.15) is 18.7 Å². The Morgan fingerprint density at radius 3 is 2.35 bits per heavy atom. The van der Waals surface area contributed by atoms with Crippen molar-refractivity contribution >= 4 is 31.2 Å². The molecular weight excluding hydrogens is 320 g/mol. The van der Waals surface area contributed by atoms with Gasteiger partial charge in [0.2, 0.25) is 10.0 Å². The first kappa shape index (κ1) is 17.6. The number of nitrogens with two attached hydrogens (primary N) is 1. The van der Waals surface area contributed by atoms with E-state index >= 15 is 0 Å². The molecule has 1 aromatic heterocycles. The predicted octanol–water partition coefficient (Wildman–Crippen LogP) is 0.351. The van der Waals surface area contributed by atoms with E-state index in [4.69, 9.17) is 5.73 Å². The molecule has 116 valence electrons. The molecule has 0 bridgehead atoms. The Kier molecular flexibility index (Phi) is 5.36. The lowest BCUT2D eigenvalue weighted by Gasteiger charge is -2.22. The normalized spacial score (nSPS) is 13.6. The summed E-state index contributed by atoms with van der Waals surface area (Å²) >= 11 is 1.14. The van der Waals surface area contributed by atoms with Gasteiger partial charge in [0.15, 0.2) is 9.84 Å². The van der Waals surface area contributed by atoms with Crippen molar-refractivity contribution in [2.24, 2.45) is 5.73 Å². The summed E-state index contributed by atoms with van der Waals surface area (Å²) in [6, 6.07) is 3.22. The van der Waals surface area contributed by atoms with Crippen LogP contribution in [-0.2, 0) is 26.3 Å². The van der Waals surface area contributed by atoms with Crippen molar-refractivity contribution < 1.29 is 16.8 Å². The van der Waals surface area contributed by atoms with Crippen LogP contribution < -0.4 is 10.5 Å². The van der Waals surface area contributed by atoms with Gasteiger partial charge in [-0.2, -0.15) is 0 Å². The summed E-state index contributed by atoms with van der Waals surface area (Å²) in [6.45, 7) is 3.26. The van der Waals surface area contributed by atoms with Crippen molar-refractivity contribution in [3.05, 3.63) is 17.0 Å². The maximum absolute atomic E-state index is 12.1. The molecule has 0 aliphatic heterocycles. The quantitative estimate of drug-likeness (QED) is 0.745. The summed E-state index contributed by atoms with van der Waals surface area (Å²) in [6.07, 6.45) is 1.71. The Hall–Kier alpha value is -0.480. The van der Waals surface area contributed by atoms with Crippen molar-refractivity contribution in [2.45, 2.75) is 29.2 Å². The van der Waals surface area contributed by atoms with E-state index in [1.807, 2.05) is 0 Å². The molecular formula is C11H20N2O4S3. The highest BCUT2D eigenvalue weighted by Gasteiger charge is 2.32. The molecule has 0 aromatic carbocycles. The molecule has 0 amide bonds. The van der Waals surface area contributed by atoms with E-state index in [0.29, 0.717) is 13.0 Å². The molecule has 9 heteroatoms. The number of sulfonamides is 1. The Bertz CT molecular complexity index is 660. The molecule has 0 aliphatic rings. The average molecular weight is 340 g/mol. The Morgan fingerprint density at radius 2 is 1.85 bits per heavy atom. The van der Waals surface area contributed by atoms with E-state index in [1.54, 1.807) is 6.07 Å². The van der Waals surface area contributed by atoms with Crippen molar-refractivity contribution in [3.8, 4) is 0 Å². The van der Waals surface area contributed by atoms with Crippen LogP contribution >= 0.6 is 11.3 Å². The second kappa shape index (κ2) is 6.10. The zero-order valence-corrected chi connectivity index (χ0v) is 14.2. The summed E-state index contributed by atoms with van der Waals surface area (Å²) in [4.78, 5) is 0.884. The van der Waals surface area contributed by atoms with Crippen LogP contribution in [0, 0.1) is 0 Å². The number of hydrogen-bond donors (Lipinski definition) is 2. The smallest absolute Gasteiger partial charge is 0.250 e. The van der Waals surface area contributed by atoms with Crippen LogP contribution in [0.4, 0.5) is 0 Å². The van der Waals surface area contributed by atoms with Gasteiger partial charge in [0, 0.05) is 17.7 Å². The highest BCUT2D eigenvalue weighted by atomic mass is 32.2. The second-order valence-electron chi connectivity index (χ2n) is 5.12. The lowest BCUT2D eigenvalue weighted by Crippen LogP contribution is -2.43. The summed E-state index contributed by atoms with van der Waals surface area (Å²) in [5.41, 5.74) is 5.42. The molecule has 0 spiro atoms. The fourth-order valence-corrected chi connectivity index (χ4v) is 4.30. The van der Waals surface area contributed by atoms with E-state index in [1.165, 1.54) is 19.9 Å². The number of rotatable bonds is 7. The summed E-state index contributed by atoms with van der Waals surface area (Å²) in [5.74, 6) is 0. The third-order valence-corrected chi connectivity index (χ3v) is 8.17. The van der Waals surface area contributed by atoms with Crippen molar-refractivity contribution in [3.63, 3.8) is 0 Å². The first-order chi connectivity index (χ1) is 8.99. The Balaban J connectivity index is 2.85. The second-order valence-corrected chi connectivity index (χ2v) is 10.9. The molecule has 3 N–H and O–H groups in total.